The summed E-state index contributed by atoms with van der Waals surface area (Å²) in [4.78, 5) is 27.3. The molecule has 1 aliphatic rings. The van der Waals surface area contributed by atoms with Gasteiger partial charge >= 0.3 is 0 Å². The van der Waals surface area contributed by atoms with Gasteiger partial charge in [-0.2, -0.15) is 20.1 Å². The Hall–Kier alpha value is -3.06. The molecule has 0 radical (unpaired) electrons. The van der Waals surface area contributed by atoms with Crippen LogP contribution in [-0.4, -0.2) is 71.6 Å². The lowest BCUT2D eigenvalue weighted by Gasteiger charge is -2.27. The number of hydrogen-bond acceptors (Lipinski definition) is 11. The number of anilines is 3. The Balaban J connectivity index is 1.84. The van der Waals surface area contributed by atoms with E-state index < -0.39 is 4.92 Å². The van der Waals surface area contributed by atoms with Gasteiger partial charge in [-0.3, -0.25) is 10.1 Å². The molecule has 12 nitrogen and oxygen atoms in total. The zero-order chi connectivity index (χ0) is 21.0. The summed E-state index contributed by atoms with van der Waals surface area (Å²) in [6, 6.07) is 2.42. The van der Waals surface area contributed by atoms with Crippen LogP contribution in [0.3, 0.4) is 0 Å². The molecular weight excluding hydrogens is 448 g/mol. The van der Waals surface area contributed by atoms with Crippen molar-refractivity contribution in [2.45, 2.75) is 0 Å². The highest BCUT2D eigenvalue weighted by Crippen LogP contribution is 2.31. The van der Waals surface area contributed by atoms with Crippen molar-refractivity contribution >= 4 is 45.7 Å². The molecule has 1 aliphatic heterocycles. The largest absolute Gasteiger partial charge is 0.506 e. The molecule has 2 heterocycles. The number of hydrogen-bond donors (Lipinski definition) is 2. The van der Waals surface area contributed by atoms with Crippen molar-refractivity contribution in [3.05, 3.63) is 32.3 Å². The van der Waals surface area contributed by atoms with E-state index in [1.807, 2.05) is 19.0 Å². The topological polar surface area (TPSA) is 142 Å². The normalized spacial score (nSPS) is 14.2. The molecule has 2 N–H and O–H groups in total. The smallest absolute Gasteiger partial charge is 0.271 e. The Labute approximate surface area is 174 Å². The van der Waals surface area contributed by atoms with Crippen molar-refractivity contribution in [3.8, 4) is 5.75 Å². The second-order valence-electron chi connectivity index (χ2n) is 6.25. The van der Waals surface area contributed by atoms with Gasteiger partial charge in [0.1, 0.15) is 5.75 Å². The monoisotopic (exact) mass is 466 g/mol. The average molecular weight is 467 g/mol. The summed E-state index contributed by atoms with van der Waals surface area (Å²) in [6.45, 7) is 2.50. The molecule has 0 saturated carbocycles. The van der Waals surface area contributed by atoms with Gasteiger partial charge in [-0.15, -0.1) is 0 Å². The van der Waals surface area contributed by atoms with Gasteiger partial charge in [0.15, 0.2) is 0 Å². The van der Waals surface area contributed by atoms with E-state index >= 15 is 0 Å². The number of rotatable bonds is 6. The van der Waals surface area contributed by atoms with Crippen molar-refractivity contribution in [1.82, 2.24) is 15.0 Å². The van der Waals surface area contributed by atoms with E-state index in [9.17, 15) is 15.2 Å². The number of aromatic hydroxyl groups is 1. The number of aromatic nitrogens is 3. The second-order valence-corrected chi connectivity index (χ2v) is 7.10. The minimum absolute atomic E-state index is 0.161. The highest BCUT2D eigenvalue weighted by atomic mass is 79.9. The van der Waals surface area contributed by atoms with Crippen LogP contribution in [0.5, 0.6) is 5.75 Å². The van der Waals surface area contributed by atoms with Gasteiger partial charge in [-0.25, -0.2) is 5.43 Å². The SMILES string of the molecule is CN(C)c1nc(N/N=C/c2cc([N+](=O)[O-])cc(Br)c2O)nc(N2CCOCC2)n1. The van der Waals surface area contributed by atoms with Crippen molar-refractivity contribution in [3.63, 3.8) is 0 Å². The fraction of sp³-hybridized carbons (Fsp3) is 0.375. The minimum atomic E-state index is -0.557. The van der Waals surface area contributed by atoms with Crippen LogP contribution in [0.4, 0.5) is 23.5 Å². The van der Waals surface area contributed by atoms with Gasteiger partial charge < -0.3 is 19.6 Å². The molecular formula is C16H19BrN8O4. The Morgan fingerprint density at radius 2 is 2.07 bits per heavy atom. The van der Waals surface area contributed by atoms with E-state index in [4.69, 9.17) is 4.74 Å². The van der Waals surface area contributed by atoms with Gasteiger partial charge in [-0.05, 0) is 15.9 Å². The van der Waals surface area contributed by atoms with Crippen LogP contribution in [0, 0.1) is 10.1 Å². The summed E-state index contributed by atoms with van der Waals surface area (Å²) < 4.78 is 5.54. The molecule has 29 heavy (non-hydrogen) atoms. The lowest BCUT2D eigenvalue weighted by Crippen LogP contribution is -2.37. The molecule has 0 bridgehead atoms. The Kier molecular flexibility index (Phi) is 6.39. The lowest BCUT2D eigenvalue weighted by atomic mass is 10.2. The summed E-state index contributed by atoms with van der Waals surface area (Å²) in [7, 11) is 3.62. The first-order chi connectivity index (χ1) is 13.8. The number of nitrogens with one attached hydrogen (secondary N) is 1. The van der Waals surface area contributed by atoms with Gasteiger partial charge in [0, 0.05) is 44.9 Å². The quantitative estimate of drug-likeness (QED) is 0.365. The number of non-ortho nitro benzene ring substituents is 1. The molecule has 2 aromatic rings. The molecule has 0 atom stereocenters. The van der Waals surface area contributed by atoms with E-state index in [1.54, 1.807) is 4.90 Å². The number of morpholine rings is 1. The van der Waals surface area contributed by atoms with Gasteiger partial charge in [0.05, 0.1) is 28.8 Å². The van der Waals surface area contributed by atoms with Crippen LogP contribution < -0.4 is 15.2 Å². The molecule has 1 fully saturated rings. The van der Waals surface area contributed by atoms with Crippen molar-refractivity contribution in [2.24, 2.45) is 5.10 Å². The number of nitrogens with zero attached hydrogens (tertiary/aromatic N) is 7. The summed E-state index contributed by atoms with van der Waals surface area (Å²) in [5.74, 6) is 0.969. The first-order valence-corrected chi connectivity index (χ1v) is 9.36. The fourth-order valence-electron chi connectivity index (χ4n) is 2.48. The number of phenols is 1. The number of nitro benzene ring substituents is 1. The summed E-state index contributed by atoms with van der Waals surface area (Å²) in [5.41, 5.74) is 2.67. The molecule has 0 unspecified atom stereocenters. The Morgan fingerprint density at radius 1 is 1.34 bits per heavy atom. The summed E-state index contributed by atoms with van der Waals surface area (Å²) >= 11 is 3.09. The third-order valence-corrected chi connectivity index (χ3v) is 4.57. The number of hydrazone groups is 1. The zero-order valence-corrected chi connectivity index (χ0v) is 17.3. The molecule has 1 aromatic carbocycles. The predicted molar refractivity (Wildman–Crippen MR) is 111 cm³/mol. The molecule has 154 valence electrons. The third-order valence-electron chi connectivity index (χ3n) is 3.96. The van der Waals surface area contributed by atoms with Crippen molar-refractivity contribution in [1.29, 1.82) is 0 Å². The molecule has 13 heteroatoms. The van der Waals surface area contributed by atoms with Crippen LogP contribution in [0.2, 0.25) is 0 Å². The highest BCUT2D eigenvalue weighted by molar-refractivity contribution is 9.10. The Morgan fingerprint density at radius 3 is 2.72 bits per heavy atom. The lowest BCUT2D eigenvalue weighted by molar-refractivity contribution is -0.385. The van der Waals surface area contributed by atoms with Crippen LogP contribution in [0.15, 0.2) is 21.7 Å². The van der Waals surface area contributed by atoms with Crippen LogP contribution >= 0.6 is 15.9 Å². The standard InChI is InChI=1S/C16H19BrN8O4/c1-23(2)15-19-14(20-16(21-15)24-3-5-29-6-4-24)22-18-9-10-7-11(25(27)28)8-12(17)13(10)26/h7-9,26H,3-6H2,1-2H3,(H,19,20,21,22)/b18-9+. The summed E-state index contributed by atoms with van der Waals surface area (Å²) in [5, 5.41) is 25.1. The molecule has 1 saturated heterocycles. The number of benzene rings is 1. The van der Waals surface area contributed by atoms with Gasteiger partial charge in [0.2, 0.25) is 17.8 Å². The first-order valence-electron chi connectivity index (χ1n) is 8.57. The maximum absolute atomic E-state index is 11.0. The molecule has 0 amide bonds. The van der Waals surface area contributed by atoms with Crippen LogP contribution in [0.1, 0.15) is 5.56 Å². The van der Waals surface area contributed by atoms with Crippen molar-refractivity contribution < 1.29 is 14.8 Å². The minimum Gasteiger partial charge on any atom is -0.506 e. The number of nitro groups is 1. The number of ether oxygens (including phenoxy) is 1. The molecule has 0 spiro atoms. The molecule has 3 rings (SSSR count). The maximum atomic E-state index is 11.0. The highest BCUT2D eigenvalue weighted by Gasteiger charge is 2.17. The Bertz CT molecular complexity index is 933. The van der Waals surface area contributed by atoms with Gasteiger partial charge in [0.25, 0.3) is 5.69 Å². The first kappa shape index (κ1) is 20.7. The van der Waals surface area contributed by atoms with Gasteiger partial charge in [-0.1, -0.05) is 0 Å². The van der Waals surface area contributed by atoms with E-state index in [0.717, 1.165) is 0 Å². The van der Waals surface area contributed by atoms with Crippen LogP contribution in [0.25, 0.3) is 0 Å². The van der Waals surface area contributed by atoms with E-state index in [-0.39, 0.29) is 27.4 Å². The number of halogens is 1. The van der Waals surface area contributed by atoms with E-state index in [0.29, 0.717) is 38.2 Å². The molecule has 0 aliphatic carbocycles. The van der Waals surface area contributed by atoms with Crippen LogP contribution in [-0.2, 0) is 4.74 Å². The van der Waals surface area contributed by atoms with E-state index in [1.165, 1.54) is 18.3 Å². The maximum Gasteiger partial charge on any atom is 0.271 e. The zero-order valence-electron chi connectivity index (χ0n) is 15.7. The number of phenolic OH excluding ortho intramolecular Hbond substituents is 1. The third kappa shape index (κ3) is 5.06. The summed E-state index contributed by atoms with van der Waals surface area (Å²) in [6.07, 6.45) is 1.25. The second kappa shape index (κ2) is 8.96. The predicted octanol–water partition coefficient (Wildman–Crippen LogP) is 1.60. The van der Waals surface area contributed by atoms with Crippen molar-refractivity contribution in [2.75, 3.05) is 55.6 Å². The fourth-order valence-corrected chi connectivity index (χ4v) is 2.94. The van der Waals surface area contributed by atoms with E-state index in [2.05, 4.69) is 41.4 Å². The average Bonchev–Trinajstić information content (AvgIpc) is 2.71. The molecule has 1 aromatic heterocycles.